The summed E-state index contributed by atoms with van der Waals surface area (Å²) < 4.78 is 18.8. The van der Waals surface area contributed by atoms with E-state index in [1.54, 1.807) is 0 Å². The molecule has 0 saturated carbocycles. The van der Waals surface area contributed by atoms with Crippen molar-refractivity contribution in [2.75, 3.05) is 99.9 Å². The van der Waals surface area contributed by atoms with Crippen molar-refractivity contribution in [2.45, 2.75) is 19.6 Å². The van der Waals surface area contributed by atoms with Gasteiger partial charge in [0.05, 0.1) is 0 Å². The minimum atomic E-state index is 0.609. The fourth-order valence-corrected chi connectivity index (χ4v) is 5.86. The molecule has 0 unspecified atom stereocenters. The quantitative estimate of drug-likeness (QED) is 0.381. The average molecular weight is 602 g/mol. The standard InChI is InChI=1S/C36H51N5O3/c1-37-13-16-40-17-14-38(2)29-32-8-5-11-35(26-32)43-23-20-41(19-22-42-34-10-4-7-31(25-34)28-37)21-24-44-36-12-6-9-33(27-36)30-39(3)15-18-40/h4-12,25-27H,13-24,28-30H2,1-3H3. The Morgan fingerprint density at radius 1 is 0.409 bits per heavy atom. The maximum Gasteiger partial charge on any atom is 0.119 e. The summed E-state index contributed by atoms with van der Waals surface area (Å²) in [6.07, 6.45) is 0. The first-order valence-electron chi connectivity index (χ1n) is 16.1. The van der Waals surface area contributed by atoms with Gasteiger partial charge in [-0.3, -0.25) is 9.80 Å². The fraction of sp³-hybridized carbons (Fsp3) is 0.500. The number of ether oxygens (including phenoxy) is 3. The smallest absolute Gasteiger partial charge is 0.119 e. The van der Waals surface area contributed by atoms with E-state index in [2.05, 4.69) is 118 Å². The van der Waals surface area contributed by atoms with Gasteiger partial charge in [-0.1, -0.05) is 36.4 Å². The van der Waals surface area contributed by atoms with E-state index >= 15 is 0 Å². The number of likely N-dealkylation sites (N-methyl/N-ethyl adjacent to an activating group) is 3. The van der Waals surface area contributed by atoms with Gasteiger partial charge in [-0.15, -0.1) is 0 Å². The lowest BCUT2D eigenvalue weighted by atomic mass is 10.2. The summed E-state index contributed by atoms with van der Waals surface area (Å²) >= 11 is 0. The first-order valence-corrected chi connectivity index (χ1v) is 16.1. The third-order valence-electron chi connectivity index (χ3n) is 8.48. The molecule has 44 heavy (non-hydrogen) atoms. The molecule has 0 radical (unpaired) electrons. The zero-order valence-corrected chi connectivity index (χ0v) is 27.0. The Balaban J connectivity index is 1.40. The van der Waals surface area contributed by atoms with Crippen molar-refractivity contribution in [2.24, 2.45) is 0 Å². The topological polar surface area (TPSA) is 43.9 Å². The molecule has 0 aliphatic carbocycles. The molecule has 0 atom stereocenters. The van der Waals surface area contributed by atoms with Crippen LogP contribution in [0.3, 0.4) is 0 Å². The Morgan fingerprint density at radius 2 is 0.727 bits per heavy atom. The molecular formula is C36H51N5O3. The normalized spacial score (nSPS) is 22.7. The minimum Gasteiger partial charge on any atom is -0.492 e. The summed E-state index contributed by atoms with van der Waals surface area (Å²) in [5.41, 5.74) is 3.84. The first kappa shape index (κ1) is 32.3. The van der Waals surface area contributed by atoms with E-state index in [0.717, 1.165) is 95.8 Å². The zero-order chi connectivity index (χ0) is 30.6. The van der Waals surface area contributed by atoms with Crippen LogP contribution in [0.2, 0.25) is 0 Å². The van der Waals surface area contributed by atoms with Gasteiger partial charge in [0.15, 0.2) is 0 Å². The summed E-state index contributed by atoms with van der Waals surface area (Å²) in [6.45, 7) is 13.0. The van der Waals surface area contributed by atoms with Crippen LogP contribution in [0.25, 0.3) is 0 Å². The van der Waals surface area contributed by atoms with Gasteiger partial charge < -0.3 is 28.9 Å². The molecular weight excluding hydrogens is 550 g/mol. The predicted octanol–water partition coefficient (Wildman–Crippen LogP) is 4.15. The van der Waals surface area contributed by atoms with Crippen LogP contribution in [0.15, 0.2) is 72.8 Å². The molecule has 6 rings (SSSR count). The van der Waals surface area contributed by atoms with Crippen LogP contribution in [0.4, 0.5) is 0 Å². The van der Waals surface area contributed by atoms with Crippen molar-refractivity contribution in [1.82, 2.24) is 24.5 Å². The monoisotopic (exact) mass is 601 g/mol. The summed E-state index contributed by atoms with van der Waals surface area (Å²) in [7, 11) is 6.68. The van der Waals surface area contributed by atoms with E-state index in [0.29, 0.717) is 19.8 Å². The molecule has 8 heteroatoms. The summed E-state index contributed by atoms with van der Waals surface area (Å²) in [5, 5.41) is 0. The first-order chi connectivity index (χ1) is 21.5. The van der Waals surface area contributed by atoms with E-state index in [9.17, 15) is 0 Å². The number of nitrogens with zero attached hydrogens (tertiary/aromatic N) is 5. The van der Waals surface area contributed by atoms with E-state index in [1.165, 1.54) is 16.7 Å². The van der Waals surface area contributed by atoms with Gasteiger partial charge in [-0.2, -0.15) is 0 Å². The molecule has 8 bridgehead atoms. The Hall–Kier alpha value is -3.14. The lowest BCUT2D eigenvalue weighted by molar-refractivity contribution is 0.153. The highest BCUT2D eigenvalue weighted by Gasteiger charge is 2.13. The lowest BCUT2D eigenvalue weighted by Crippen LogP contribution is -2.41. The number of fused-ring (bicyclic) bond motifs is 15. The molecule has 8 nitrogen and oxygen atoms in total. The summed E-state index contributed by atoms with van der Waals surface area (Å²) in [4.78, 5) is 12.3. The number of rotatable bonds is 0. The summed E-state index contributed by atoms with van der Waals surface area (Å²) in [6, 6.07) is 25.7. The highest BCUT2D eigenvalue weighted by molar-refractivity contribution is 5.30. The number of benzene rings is 3. The molecule has 3 aliphatic heterocycles. The van der Waals surface area contributed by atoms with Crippen molar-refractivity contribution < 1.29 is 14.2 Å². The van der Waals surface area contributed by atoms with Crippen LogP contribution in [-0.2, 0) is 19.6 Å². The van der Waals surface area contributed by atoms with Gasteiger partial charge in [0.2, 0.25) is 0 Å². The minimum absolute atomic E-state index is 0.609. The van der Waals surface area contributed by atoms with Crippen LogP contribution in [0.1, 0.15) is 16.7 Å². The highest BCUT2D eigenvalue weighted by atomic mass is 16.5. The van der Waals surface area contributed by atoms with Gasteiger partial charge in [-0.25, -0.2) is 0 Å². The van der Waals surface area contributed by atoms with Crippen molar-refractivity contribution >= 4 is 0 Å². The van der Waals surface area contributed by atoms with Crippen molar-refractivity contribution in [3.63, 3.8) is 0 Å². The van der Waals surface area contributed by atoms with Crippen LogP contribution >= 0.6 is 0 Å². The maximum absolute atomic E-state index is 6.26. The Labute approximate surface area is 264 Å². The molecule has 0 aromatic heterocycles. The van der Waals surface area contributed by atoms with Gasteiger partial charge in [0.25, 0.3) is 0 Å². The van der Waals surface area contributed by atoms with Gasteiger partial charge in [0.1, 0.15) is 37.1 Å². The Kier molecular flexibility index (Phi) is 12.3. The summed E-state index contributed by atoms with van der Waals surface area (Å²) in [5.74, 6) is 2.77. The molecule has 0 amide bonds. The van der Waals surface area contributed by atoms with E-state index in [-0.39, 0.29) is 0 Å². The highest BCUT2D eigenvalue weighted by Crippen LogP contribution is 2.18. The van der Waals surface area contributed by atoms with Crippen molar-refractivity contribution in [3.8, 4) is 17.2 Å². The SMILES string of the molecule is CN1CCN2CCN(C)Cc3cccc(c3)OCCN(CCOc3cccc(c3)C1)CCOc1cccc(c1)CN(C)CC2. The van der Waals surface area contributed by atoms with Gasteiger partial charge in [0, 0.05) is 78.5 Å². The molecule has 0 N–H and O–H groups in total. The van der Waals surface area contributed by atoms with Gasteiger partial charge in [-0.05, 0) is 74.2 Å². The second-order valence-corrected chi connectivity index (χ2v) is 12.4. The molecule has 238 valence electrons. The van der Waals surface area contributed by atoms with Crippen LogP contribution in [0.5, 0.6) is 17.2 Å². The Morgan fingerprint density at radius 3 is 1.07 bits per heavy atom. The van der Waals surface area contributed by atoms with E-state index in [1.807, 2.05) is 0 Å². The molecule has 3 aliphatic rings. The number of hydrogen-bond acceptors (Lipinski definition) is 8. The molecule has 3 heterocycles. The molecule has 0 saturated heterocycles. The van der Waals surface area contributed by atoms with E-state index < -0.39 is 0 Å². The van der Waals surface area contributed by atoms with Crippen LogP contribution < -0.4 is 14.2 Å². The van der Waals surface area contributed by atoms with Crippen molar-refractivity contribution in [1.29, 1.82) is 0 Å². The lowest BCUT2D eigenvalue weighted by Gasteiger charge is -2.29. The number of hydrogen-bond donors (Lipinski definition) is 0. The average Bonchev–Trinajstić information content (AvgIpc) is 3.00. The second kappa shape index (κ2) is 16.8. The fourth-order valence-electron chi connectivity index (χ4n) is 5.86. The third kappa shape index (κ3) is 10.8. The third-order valence-corrected chi connectivity index (χ3v) is 8.48. The molecule has 0 fully saturated rings. The van der Waals surface area contributed by atoms with Crippen LogP contribution in [-0.4, -0.2) is 124 Å². The van der Waals surface area contributed by atoms with Crippen molar-refractivity contribution in [3.05, 3.63) is 89.5 Å². The maximum atomic E-state index is 6.26. The predicted molar refractivity (Wildman–Crippen MR) is 178 cm³/mol. The largest absolute Gasteiger partial charge is 0.492 e. The van der Waals surface area contributed by atoms with Gasteiger partial charge >= 0.3 is 0 Å². The zero-order valence-electron chi connectivity index (χ0n) is 27.0. The molecule has 3 aromatic carbocycles. The Bertz CT molecular complexity index is 1130. The second-order valence-electron chi connectivity index (χ2n) is 12.4. The molecule has 3 aromatic rings. The van der Waals surface area contributed by atoms with E-state index in [4.69, 9.17) is 14.2 Å². The van der Waals surface area contributed by atoms with Crippen LogP contribution in [0, 0.1) is 0 Å². The molecule has 0 spiro atoms.